The van der Waals surface area contributed by atoms with Crippen molar-refractivity contribution < 1.29 is 14.7 Å². The van der Waals surface area contributed by atoms with Gasteiger partial charge in [-0.2, -0.15) is 0 Å². The zero-order valence-corrected chi connectivity index (χ0v) is 32.0. The monoisotopic (exact) mass is 666 g/mol. The highest BCUT2D eigenvalue weighted by Crippen LogP contribution is 2.18. The largest absolute Gasteiger partial charge is 0.393 e. The first-order valence-corrected chi connectivity index (χ1v) is 20.9. The topological polar surface area (TPSA) is 90.5 Å². The van der Waals surface area contributed by atoms with Crippen LogP contribution in [-0.2, 0) is 9.59 Å². The maximum Gasteiger partial charge on any atom is 0.220 e. The fourth-order valence-electron chi connectivity index (χ4n) is 6.46. The van der Waals surface area contributed by atoms with Crippen molar-refractivity contribution in [3.8, 4) is 0 Å². The minimum absolute atomic E-state index is 0.0933. The first-order chi connectivity index (χ1) is 23.0. The van der Waals surface area contributed by atoms with E-state index in [4.69, 9.17) is 0 Å². The van der Waals surface area contributed by atoms with Gasteiger partial charge in [0.1, 0.15) is 0 Å². The fourth-order valence-corrected chi connectivity index (χ4v) is 6.46. The zero-order valence-electron chi connectivity index (χ0n) is 32.0. The third-order valence-corrected chi connectivity index (χ3v) is 9.73. The third kappa shape index (κ3) is 37.5. The Bertz CT molecular complexity index is 606. The summed E-state index contributed by atoms with van der Waals surface area (Å²) in [5, 5.41) is 19.4. The molecule has 0 aromatic heterocycles. The Balaban J connectivity index is 3.33. The summed E-state index contributed by atoms with van der Waals surface area (Å²) in [5.41, 5.74) is 0. The Morgan fingerprint density at radius 2 is 0.766 bits per heavy atom. The fraction of sp³-hybridized carbons (Fsp3) is 0.951. The van der Waals surface area contributed by atoms with E-state index in [0.29, 0.717) is 25.9 Å². The van der Waals surface area contributed by atoms with E-state index < -0.39 is 0 Å². The van der Waals surface area contributed by atoms with Crippen LogP contribution in [0.25, 0.3) is 0 Å². The number of unbranched alkanes of at least 4 members (excludes halogenated alkanes) is 20. The van der Waals surface area contributed by atoms with E-state index in [1.54, 1.807) is 0 Å². The summed E-state index contributed by atoms with van der Waals surface area (Å²) in [4.78, 5) is 24.1. The maximum absolute atomic E-state index is 12.1. The standard InChI is InChI=1S/C41H83N3O3/c1-4-6-8-22-28-38(3)29-23-18-14-10-12-16-20-26-32-40(46)43-36-34-42-35-37-44-41(47)33-27-21-17-13-11-15-19-25-31-39(45)30-24-9-7-5-2/h38-39,42,45H,4-37H2,1-3H3,(H,43,46)(H,44,47). The minimum Gasteiger partial charge on any atom is -0.393 e. The number of aliphatic hydroxyl groups is 1. The van der Waals surface area contributed by atoms with Crippen molar-refractivity contribution in [3.05, 3.63) is 0 Å². The molecule has 0 fully saturated rings. The molecule has 0 aliphatic carbocycles. The zero-order chi connectivity index (χ0) is 34.5. The van der Waals surface area contributed by atoms with Crippen molar-refractivity contribution in [1.82, 2.24) is 16.0 Å². The summed E-state index contributed by atoms with van der Waals surface area (Å²) >= 11 is 0. The summed E-state index contributed by atoms with van der Waals surface area (Å²) in [6.45, 7) is 9.69. The predicted octanol–water partition coefficient (Wildman–Crippen LogP) is 10.5. The van der Waals surface area contributed by atoms with Crippen LogP contribution in [0.2, 0.25) is 0 Å². The SMILES string of the molecule is CCCCCCC(C)CCCCCCCCCCC(=O)NCCNCCNC(=O)CCCCCCCCCCC(O)CCCCCC. The Morgan fingerprint density at radius 3 is 1.15 bits per heavy atom. The molecule has 6 nitrogen and oxygen atoms in total. The van der Waals surface area contributed by atoms with Crippen LogP contribution in [0.4, 0.5) is 0 Å². The summed E-state index contributed by atoms with van der Waals surface area (Å²) in [6.07, 6.45) is 36.1. The van der Waals surface area contributed by atoms with Gasteiger partial charge in [0, 0.05) is 39.0 Å². The van der Waals surface area contributed by atoms with Crippen LogP contribution >= 0.6 is 0 Å². The molecule has 0 saturated carbocycles. The molecule has 2 unspecified atom stereocenters. The second-order valence-corrected chi connectivity index (χ2v) is 14.6. The van der Waals surface area contributed by atoms with E-state index in [1.165, 1.54) is 135 Å². The first kappa shape index (κ1) is 45.9. The lowest BCUT2D eigenvalue weighted by molar-refractivity contribution is -0.121. The van der Waals surface area contributed by atoms with Crippen LogP contribution < -0.4 is 16.0 Å². The lowest BCUT2D eigenvalue weighted by Gasteiger charge is -2.10. The van der Waals surface area contributed by atoms with E-state index in [-0.39, 0.29) is 17.9 Å². The van der Waals surface area contributed by atoms with Crippen molar-refractivity contribution in [2.45, 2.75) is 219 Å². The molecule has 280 valence electrons. The molecule has 0 saturated heterocycles. The number of rotatable bonds is 38. The van der Waals surface area contributed by atoms with Gasteiger partial charge in [0.05, 0.1) is 6.10 Å². The molecule has 0 radical (unpaired) electrons. The second-order valence-electron chi connectivity index (χ2n) is 14.6. The minimum atomic E-state index is -0.0933. The number of nitrogens with one attached hydrogen (secondary N) is 3. The molecule has 0 heterocycles. The summed E-state index contributed by atoms with van der Waals surface area (Å²) < 4.78 is 0. The molecule has 2 atom stereocenters. The Labute approximate surface area is 293 Å². The quantitative estimate of drug-likeness (QED) is 0.0494. The molecule has 0 bridgehead atoms. The number of hydrogen-bond donors (Lipinski definition) is 4. The van der Waals surface area contributed by atoms with Gasteiger partial charge < -0.3 is 21.1 Å². The maximum atomic E-state index is 12.1. The molecule has 0 aliphatic heterocycles. The molecular weight excluding hydrogens is 582 g/mol. The van der Waals surface area contributed by atoms with E-state index in [1.807, 2.05) is 0 Å². The van der Waals surface area contributed by atoms with Gasteiger partial charge in [-0.25, -0.2) is 0 Å². The average molecular weight is 666 g/mol. The average Bonchev–Trinajstić information content (AvgIpc) is 3.06. The molecule has 6 heteroatoms. The van der Waals surface area contributed by atoms with Crippen molar-refractivity contribution >= 4 is 11.8 Å². The van der Waals surface area contributed by atoms with Crippen LogP contribution in [0.5, 0.6) is 0 Å². The summed E-state index contributed by atoms with van der Waals surface area (Å²) in [5.74, 6) is 1.21. The number of carbonyl (C=O) groups excluding carboxylic acids is 2. The Morgan fingerprint density at radius 1 is 0.447 bits per heavy atom. The van der Waals surface area contributed by atoms with Gasteiger partial charge in [-0.3, -0.25) is 9.59 Å². The molecule has 2 amide bonds. The van der Waals surface area contributed by atoms with E-state index in [2.05, 4.69) is 36.7 Å². The van der Waals surface area contributed by atoms with Gasteiger partial charge in [0.25, 0.3) is 0 Å². The van der Waals surface area contributed by atoms with Gasteiger partial charge in [0.2, 0.25) is 11.8 Å². The van der Waals surface area contributed by atoms with Crippen LogP contribution in [0.1, 0.15) is 213 Å². The van der Waals surface area contributed by atoms with E-state index in [0.717, 1.165) is 64.0 Å². The van der Waals surface area contributed by atoms with Gasteiger partial charge >= 0.3 is 0 Å². The van der Waals surface area contributed by atoms with Crippen LogP contribution in [0, 0.1) is 5.92 Å². The van der Waals surface area contributed by atoms with Crippen LogP contribution in [-0.4, -0.2) is 49.2 Å². The second kappa shape index (κ2) is 37.7. The van der Waals surface area contributed by atoms with Gasteiger partial charge in [0.15, 0.2) is 0 Å². The van der Waals surface area contributed by atoms with Gasteiger partial charge in [-0.1, -0.05) is 175 Å². The highest BCUT2D eigenvalue weighted by Gasteiger charge is 2.05. The summed E-state index contributed by atoms with van der Waals surface area (Å²) in [6, 6.07) is 0. The highest BCUT2D eigenvalue weighted by molar-refractivity contribution is 5.76. The van der Waals surface area contributed by atoms with Crippen molar-refractivity contribution in [3.63, 3.8) is 0 Å². The Hall–Kier alpha value is -1.14. The molecule has 4 N–H and O–H groups in total. The molecule has 47 heavy (non-hydrogen) atoms. The molecular formula is C41H83N3O3. The predicted molar refractivity (Wildman–Crippen MR) is 204 cm³/mol. The smallest absolute Gasteiger partial charge is 0.220 e. The number of hydrogen-bond acceptors (Lipinski definition) is 4. The lowest BCUT2D eigenvalue weighted by atomic mass is 9.96. The third-order valence-electron chi connectivity index (χ3n) is 9.73. The normalized spacial score (nSPS) is 12.7. The van der Waals surface area contributed by atoms with Crippen LogP contribution in [0.3, 0.4) is 0 Å². The van der Waals surface area contributed by atoms with Crippen molar-refractivity contribution in [1.29, 1.82) is 0 Å². The molecule has 0 rings (SSSR count). The summed E-state index contributed by atoms with van der Waals surface area (Å²) in [7, 11) is 0. The van der Waals surface area contributed by atoms with E-state index in [9.17, 15) is 14.7 Å². The molecule has 0 aromatic carbocycles. The molecule has 0 aliphatic rings. The van der Waals surface area contributed by atoms with Gasteiger partial charge in [-0.05, 0) is 31.6 Å². The Kier molecular flexibility index (Phi) is 36.8. The highest BCUT2D eigenvalue weighted by atomic mass is 16.3. The van der Waals surface area contributed by atoms with Crippen molar-refractivity contribution in [2.24, 2.45) is 5.92 Å². The number of carbonyl (C=O) groups is 2. The number of aliphatic hydroxyl groups excluding tert-OH is 1. The van der Waals surface area contributed by atoms with E-state index >= 15 is 0 Å². The lowest BCUT2D eigenvalue weighted by Crippen LogP contribution is -2.36. The first-order valence-electron chi connectivity index (χ1n) is 20.9. The number of amides is 2. The van der Waals surface area contributed by atoms with Gasteiger partial charge in [-0.15, -0.1) is 0 Å². The molecule has 0 aromatic rings. The molecule has 0 spiro atoms. The van der Waals surface area contributed by atoms with Crippen molar-refractivity contribution in [2.75, 3.05) is 26.2 Å². The van der Waals surface area contributed by atoms with Crippen LogP contribution in [0.15, 0.2) is 0 Å².